The lowest BCUT2D eigenvalue weighted by Gasteiger charge is -2.30. The fraction of sp³-hybridized carbons (Fsp3) is 0.200. The summed E-state index contributed by atoms with van der Waals surface area (Å²) in [4.78, 5) is 26.6. The average molecular weight is 467 g/mol. The molecule has 0 radical (unpaired) electrons. The highest BCUT2D eigenvalue weighted by molar-refractivity contribution is 6.30. The van der Waals surface area contributed by atoms with E-state index < -0.39 is 0 Å². The van der Waals surface area contributed by atoms with Crippen LogP contribution in [0.2, 0.25) is 5.02 Å². The van der Waals surface area contributed by atoms with Gasteiger partial charge in [0.2, 0.25) is 0 Å². The molecular formula is C25H23ClN2O5. The number of amides is 2. The first-order valence-electron chi connectivity index (χ1n) is 10.5. The highest BCUT2D eigenvalue weighted by Crippen LogP contribution is 2.35. The van der Waals surface area contributed by atoms with Gasteiger partial charge in [-0.2, -0.15) is 0 Å². The normalized spacial score (nSPS) is 12.5. The van der Waals surface area contributed by atoms with Crippen molar-refractivity contribution in [1.29, 1.82) is 0 Å². The predicted octanol–water partition coefficient (Wildman–Crippen LogP) is 4.68. The molecule has 4 rings (SSSR count). The lowest BCUT2D eigenvalue weighted by Crippen LogP contribution is -2.38. The molecule has 0 aliphatic carbocycles. The van der Waals surface area contributed by atoms with Crippen LogP contribution in [0.1, 0.15) is 12.5 Å². The molecule has 0 aromatic heterocycles. The number of anilines is 2. The Hall–Kier alpha value is -3.71. The lowest BCUT2D eigenvalue weighted by atomic mass is 10.1. The van der Waals surface area contributed by atoms with E-state index >= 15 is 0 Å². The van der Waals surface area contributed by atoms with Crippen LogP contribution < -0.4 is 24.4 Å². The maximum Gasteiger partial charge on any atom is 0.265 e. The van der Waals surface area contributed by atoms with E-state index in [1.54, 1.807) is 59.5 Å². The summed E-state index contributed by atoms with van der Waals surface area (Å²) in [6.07, 6.45) is 0. The molecule has 2 amide bonds. The summed E-state index contributed by atoms with van der Waals surface area (Å²) >= 11 is 5.96. The van der Waals surface area contributed by atoms with Crippen LogP contribution in [-0.2, 0) is 16.1 Å². The topological polar surface area (TPSA) is 77.1 Å². The Balaban J connectivity index is 1.41. The number of fused-ring (bicyclic) bond motifs is 1. The van der Waals surface area contributed by atoms with Crippen molar-refractivity contribution in [3.8, 4) is 17.2 Å². The minimum Gasteiger partial charge on any atom is -0.494 e. The van der Waals surface area contributed by atoms with Gasteiger partial charge in [-0.05, 0) is 67.1 Å². The van der Waals surface area contributed by atoms with Gasteiger partial charge in [0.05, 0.1) is 18.8 Å². The maximum absolute atomic E-state index is 12.5. The van der Waals surface area contributed by atoms with Crippen LogP contribution in [0.25, 0.3) is 0 Å². The summed E-state index contributed by atoms with van der Waals surface area (Å²) in [6, 6.07) is 19.5. The molecule has 33 heavy (non-hydrogen) atoms. The maximum atomic E-state index is 12.5. The summed E-state index contributed by atoms with van der Waals surface area (Å²) in [6.45, 7) is 2.66. The zero-order chi connectivity index (χ0) is 23.2. The van der Waals surface area contributed by atoms with Crippen molar-refractivity contribution in [2.24, 2.45) is 0 Å². The zero-order valence-electron chi connectivity index (χ0n) is 18.0. The largest absolute Gasteiger partial charge is 0.494 e. The van der Waals surface area contributed by atoms with E-state index in [0.29, 0.717) is 41.0 Å². The molecule has 0 saturated carbocycles. The van der Waals surface area contributed by atoms with Crippen molar-refractivity contribution < 1.29 is 23.8 Å². The third kappa shape index (κ3) is 5.75. The van der Waals surface area contributed by atoms with Crippen molar-refractivity contribution in [3.05, 3.63) is 77.3 Å². The molecule has 0 saturated heterocycles. The van der Waals surface area contributed by atoms with Crippen LogP contribution in [0.4, 0.5) is 11.4 Å². The Morgan fingerprint density at radius 3 is 2.42 bits per heavy atom. The van der Waals surface area contributed by atoms with Gasteiger partial charge in [0.1, 0.15) is 17.2 Å². The highest BCUT2D eigenvalue weighted by Gasteiger charge is 2.26. The second-order valence-corrected chi connectivity index (χ2v) is 7.76. The van der Waals surface area contributed by atoms with Crippen molar-refractivity contribution in [2.45, 2.75) is 13.5 Å². The molecule has 0 fully saturated rings. The van der Waals surface area contributed by atoms with Gasteiger partial charge in [0.25, 0.3) is 11.8 Å². The summed E-state index contributed by atoms with van der Waals surface area (Å²) in [5, 5.41) is 3.43. The molecule has 0 unspecified atom stereocenters. The van der Waals surface area contributed by atoms with Gasteiger partial charge < -0.3 is 24.4 Å². The van der Waals surface area contributed by atoms with Crippen molar-refractivity contribution in [1.82, 2.24) is 0 Å². The molecular weight excluding hydrogens is 444 g/mol. The molecule has 3 aromatic rings. The molecule has 1 heterocycles. The smallest absolute Gasteiger partial charge is 0.265 e. The van der Waals surface area contributed by atoms with E-state index in [2.05, 4.69) is 5.32 Å². The SMILES string of the molecule is CCOc1ccc(OCC(=O)Nc2ccc3c(c2)N(Cc2ccc(Cl)cc2)C(=O)CO3)cc1. The van der Waals surface area contributed by atoms with E-state index in [1.165, 1.54) is 0 Å². The number of halogens is 1. The third-order valence-corrected chi connectivity index (χ3v) is 5.20. The molecule has 170 valence electrons. The average Bonchev–Trinajstić information content (AvgIpc) is 2.82. The number of rotatable bonds is 8. The summed E-state index contributed by atoms with van der Waals surface area (Å²) < 4.78 is 16.5. The minimum atomic E-state index is -0.323. The molecule has 7 nitrogen and oxygen atoms in total. The first-order chi connectivity index (χ1) is 16.0. The fourth-order valence-corrected chi connectivity index (χ4v) is 3.50. The van der Waals surface area contributed by atoms with Crippen LogP contribution >= 0.6 is 11.6 Å². The van der Waals surface area contributed by atoms with Gasteiger partial charge in [-0.25, -0.2) is 0 Å². The Bertz CT molecular complexity index is 1130. The summed E-state index contributed by atoms with van der Waals surface area (Å²) in [7, 11) is 0. The molecule has 8 heteroatoms. The molecule has 1 N–H and O–H groups in total. The first kappa shape index (κ1) is 22.5. The van der Waals surface area contributed by atoms with Crippen LogP contribution in [0, 0.1) is 0 Å². The molecule has 0 spiro atoms. The first-order valence-corrected chi connectivity index (χ1v) is 10.9. The van der Waals surface area contributed by atoms with E-state index in [4.69, 9.17) is 25.8 Å². The lowest BCUT2D eigenvalue weighted by molar-refractivity contribution is -0.121. The standard InChI is InChI=1S/C25H23ClN2O5/c1-2-31-20-8-10-21(11-9-20)32-15-24(29)27-19-7-12-23-22(13-19)28(25(30)16-33-23)14-17-3-5-18(26)6-4-17/h3-13H,2,14-16H2,1H3,(H,27,29). The number of hydrogen-bond acceptors (Lipinski definition) is 5. The number of carbonyl (C=O) groups excluding carboxylic acids is 2. The third-order valence-electron chi connectivity index (χ3n) is 4.94. The molecule has 3 aromatic carbocycles. The fourth-order valence-electron chi connectivity index (χ4n) is 3.37. The Morgan fingerprint density at radius 1 is 1.03 bits per heavy atom. The van der Waals surface area contributed by atoms with Gasteiger partial charge in [-0.1, -0.05) is 23.7 Å². The molecule has 1 aliphatic heterocycles. The number of nitrogens with zero attached hydrogens (tertiary/aromatic N) is 1. The monoisotopic (exact) mass is 466 g/mol. The van der Waals surface area contributed by atoms with E-state index in [9.17, 15) is 9.59 Å². The van der Waals surface area contributed by atoms with E-state index in [0.717, 1.165) is 11.3 Å². The quantitative estimate of drug-likeness (QED) is 0.521. The second-order valence-electron chi connectivity index (χ2n) is 7.32. The number of ether oxygens (including phenoxy) is 3. The van der Waals surface area contributed by atoms with Gasteiger partial charge in [0.15, 0.2) is 13.2 Å². The van der Waals surface area contributed by atoms with E-state index in [-0.39, 0.29) is 25.0 Å². The number of carbonyl (C=O) groups is 2. The number of benzene rings is 3. The van der Waals surface area contributed by atoms with Crippen molar-refractivity contribution in [3.63, 3.8) is 0 Å². The Kier molecular flexibility index (Phi) is 7.00. The van der Waals surface area contributed by atoms with Crippen molar-refractivity contribution >= 4 is 34.8 Å². The van der Waals surface area contributed by atoms with E-state index in [1.807, 2.05) is 19.1 Å². The summed E-state index contributed by atoms with van der Waals surface area (Å²) in [5.41, 5.74) is 2.05. The number of nitrogens with one attached hydrogen (secondary N) is 1. The predicted molar refractivity (Wildman–Crippen MR) is 126 cm³/mol. The Labute approximate surface area is 196 Å². The van der Waals surface area contributed by atoms with Gasteiger partial charge in [-0.3, -0.25) is 9.59 Å². The molecule has 1 aliphatic rings. The highest BCUT2D eigenvalue weighted by atomic mass is 35.5. The minimum absolute atomic E-state index is 0.0395. The molecule has 0 atom stereocenters. The Morgan fingerprint density at radius 2 is 1.73 bits per heavy atom. The summed E-state index contributed by atoms with van der Waals surface area (Å²) in [5.74, 6) is 1.39. The number of hydrogen-bond donors (Lipinski definition) is 1. The van der Waals surface area contributed by atoms with Crippen LogP contribution in [0.5, 0.6) is 17.2 Å². The zero-order valence-corrected chi connectivity index (χ0v) is 18.8. The van der Waals surface area contributed by atoms with Gasteiger partial charge in [0, 0.05) is 10.7 Å². The van der Waals surface area contributed by atoms with Gasteiger partial charge in [-0.15, -0.1) is 0 Å². The molecule has 0 bridgehead atoms. The van der Waals surface area contributed by atoms with Crippen molar-refractivity contribution in [2.75, 3.05) is 30.0 Å². The second kappa shape index (κ2) is 10.3. The van der Waals surface area contributed by atoms with Crippen LogP contribution in [0.3, 0.4) is 0 Å². The van der Waals surface area contributed by atoms with Gasteiger partial charge >= 0.3 is 0 Å². The van der Waals surface area contributed by atoms with Crippen LogP contribution in [-0.4, -0.2) is 31.6 Å². The van der Waals surface area contributed by atoms with Crippen LogP contribution in [0.15, 0.2) is 66.7 Å².